The molecule has 3 N–H and O–H groups in total. The molecule has 2 heterocycles. The minimum atomic E-state index is -4.00. The number of carboxylic acids is 1. The number of carbonyl (C=O) groups excluding carboxylic acids is 2. The second-order valence-corrected chi connectivity index (χ2v) is 12.7. The zero-order chi connectivity index (χ0) is 31.0. The van der Waals surface area contributed by atoms with Crippen molar-refractivity contribution in [3.63, 3.8) is 0 Å². The number of fused-ring (bicyclic) bond motifs is 1. The number of carbonyl (C=O) groups is 3. The zero-order valence-electron chi connectivity index (χ0n) is 24.7. The number of anilines is 2. The Bertz CT molecular complexity index is 1460. The Morgan fingerprint density at radius 3 is 2.58 bits per heavy atom. The Morgan fingerprint density at radius 1 is 1.12 bits per heavy atom. The van der Waals surface area contributed by atoms with Crippen molar-refractivity contribution in [1.82, 2.24) is 14.5 Å². The highest BCUT2D eigenvalue weighted by atomic mass is 32.2. The average molecular weight is 613 g/mol. The summed E-state index contributed by atoms with van der Waals surface area (Å²) in [6.45, 7) is 5.71. The number of benzene rings is 2. The highest BCUT2D eigenvalue weighted by Crippen LogP contribution is 2.39. The van der Waals surface area contributed by atoms with Crippen molar-refractivity contribution in [2.75, 3.05) is 63.1 Å². The van der Waals surface area contributed by atoms with Crippen molar-refractivity contribution in [2.24, 2.45) is 4.99 Å². The molecule has 13 heteroatoms. The fourth-order valence-electron chi connectivity index (χ4n) is 5.31. The molecule has 232 valence electrons. The van der Waals surface area contributed by atoms with E-state index in [1.165, 1.54) is 19.2 Å². The highest BCUT2D eigenvalue weighted by molar-refractivity contribution is 7.89. The predicted molar refractivity (Wildman–Crippen MR) is 166 cm³/mol. The Balaban J connectivity index is 1.44. The van der Waals surface area contributed by atoms with Gasteiger partial charge in [0.25, 0.3) is 0 Å². The smallest absolute Gasteiger partial charge is 0.303 e. The summed E-state index contributed by atoms with van der Waals surface area (Å²) in [5.74, 6) is -1.98. The Labute approximate surface area is 252 Å². The van der Waals surface area contributed by atoms with Gasteiger partial charge in [-0.2, -0.15) is 4.31 Å². The van der Waals surface area contributed by atoms with E-state index in [0.717, 1.165) is 47.4 Å². The number of piperazine rings is 1. The number of hydrogen-bond donors (Lipinski definition) is 3. The lowest BCUT2D eigenvalue weighted by Crippen LogP contribution is -2.44. The first-order valence-corrected chi connectivity index (χ1v) is 16.1. The molecular formula is C30H40N6O6S. The molecule has 1 fully saturated rings. The number of hydrogen-bond acceptors (Lipinski definition) is 8. The molecule has 0 spiro atoms. The van der Waals surface area contributed by atoms with E-state index in [0.29, 0.717) is 38.0 Å². The molecule has 1 saturated heterocycles. The Morgan fingerprint density at radius 2 is 1.86 bits per heavy atom. The molecular weight excluding hydrogens is 572 g/mol. The summed E-state index contributed by atoms with van der Waals surface area (Å²) in [4.78, 5) is 44.8. The van der Waals surface area contributed by atoms with Gasteiger partial charge in [-0.1, -0.05) is 18.6 Å². The van der Waals surface area contributed by atoms with Gasteiger partial charge in [-0.05, 0) is 50.1 Å². The summed E-state index contributed by atoms with van der Waals surface area (Å²) < 4.78 is 27.7. The summed E-state index contributed by atoms with van der Waals surface area (Å²) in [5, 5.41) is 15.0. The molecule has 0 aromatic heterocycles. The van der Waals surface area contributed by atoms with Crippen LogP contribution in [0.2, 0.25) is 0 Å². The number of rotatable bonds is 14. The van der Waals surface area contributed by atoms with Crippen molar-refractivity contribution in [1.29, 1.82) is 0 Å². The summed E-state index contributed by atoms with van der Waals surface area (Å²) in [5.41, 5.74) is 2.97. The topological polar surface area (TPSA) is 152 Å². The lowest BCUT2D eigenvalue weighted by Gasteiger charge is -2.31. The summed E-state index contributed by atoms with van der Waals surface area (Å²) in [6, 6.07) is 11.9. The van der Waals surface area contributed by atoms with Crippen molar-refractivity contribution < 1.29 is 27.9 Å². The number of aliphatic imine (C=N–C) groups is 1. The maximum absolute atomic E-state index is 13.4. The number of nitrogens with one attached hydrogen (secondary N) is 2. The van der Waals surface area contributed by atoms with Crippen LogP contribution in [-0.2, 0) is 24.4 Å². The number of likely N-dealkylation sites (N-methyl/N-ethyl adjacent to an activating group) is 2. The van der Waals surface area contributed by atoms with E-state index in [1.54, 1.807) is 23.2 Å². The van der Waals surface area contributed by atoms with Crippen LogP contribution in [0.5, 0.6) is 0 Å². The van der Waals surface area contributed by atoms with Crippen LogP contribution in [0.4, 0.5) is 17.1 Å². The van der Waals surface area contributed by atoms with Crippen LogP contribution in [0, 0.1) is 0 Å². The van der Waals surface area contributed by atoms with Gasteiger partial charge in [-0.3, -0.25) is 19.4 Å². The first-order valence-electron chi connectivity index (χ1n) is 14.6. The first kappa shape index (κ1) is 32.1. The molecule has 2 aliphatic heterocycles. The molecule has 0 saturated carbocycles. The van der Waals surface area contributed by atoms with Gasteiger partial charge in [0.15, 0.2) is 0 Å². The van der Waals surface area contributed by atoms with Gasteiger partial charge in [0.05, 0.1) is 17.1 Å². The highest BCUT2D eigenvalue weighted by Gasteiger charge is 2.33. The summed E-state index contributed by atoms with van der Waals surface area (Å²) >= 11 is 0. The molecule has 2 aromatic carbocycles. The SMILES string of the molecule is CCN(CCCCCC(=O)O)C(=O)CN(C)S(=O)(=O)c1cccc(N=CC2C(=O)Nc3cccc(N4CCNCC4)c32)c1. The van der Waals surface area contributed by atoms with Crippen LogP contribution in [0.25, 0.3) is 0 Å². The van der Waals surface area contributed by atoms with Gasteiger partial charge >= 0.3 is 5.97 Å². The molecule has 0 bridgehead atoms. The second-order valence-electron chi connectivity index (χ2n) is 10.7. The number of amides is 2. The minimum Gasteiger partial charge on any atom is -0.481 e. The van der Waals surface area contributed by atoms with E-state index in [9.17, 15) is 22.8 Å². The predicted octanol–water partition coefficient (Wildman–Crippen LogP) is 2.65. The third kappa shape index (κ3) is 7.98. The molecule has 1 atom stereocenters. The van der Waals surface area contributed by atoms with E-state index in [2.05, 4.69) is 20.5 Å². The van der Waals surface area contributed by atoms with Gasteiger partial charge < -0.3 is 25.5 Å². The second kappa shape index (κ2) is 14.6. The fraction of sp³-hybridized carbons (Fsp3) is 0.467. The molecule has 1 unspecified atom stereocenters. The average Bonchev–Trinajstić information content (AvgIpc) is 3.33. The fourth-order valence-corrected chi connectivity index (χ4v) is 6.47. The minimum absolute atomic E-state index is 0.00746. The monoisotopic (exact) mass is 612 g/mol. The van der Waals surface area contributed by atoms with Crippen molar-refractivity contribution >= 4 is 51.1 Å². The normalized spacial score (nSPS) is 16.9. The van der Waals surface area contributed by atoms with Gasteiger partial charge in [0.1, 0.15) is 5.92 Å². The van der Waals surface area contributed by atoms with Crippen LogP contribution < -0.4 is 15.5 Å². The molecule has 2 aliphatic rings. The van der Waals surface area contributed by atoms with Crippen molar-refractivity contribution in [3.05, 3.63) is 48.0 Å². The maximum Gasteiger partial charge on any atom is 0.303 e. The van der Waals surface area contributed by atoms with E-state index < -0.39 is 21.9 Å². The number of carboxylic acid groups (broad SMARTS) is 1. The molecule has 2 aromatic rings. The molecule has 2 amide bonds. The maximum atomic E-state index is 13.4. The Kier molecular flexibility index (Phi) is 10.9. The van der Waals surface area contributed by atoms with Crippen LogP contribution in [0.1, 0.15) is 44.1 Å². The van der Waals surface area contributed by atoms with Crippen LogP contribution in [-0.4, -0.2) is 99.6 Å². The third-order valence-electron chi connectivity index (χ3n) is 7.70. The van der Waals surface area contributed by atoms with Gasteiger partial charge in [0.2, 0.25) is 21.8 Å². The lowest BCUT2D eigenvalue weighted by atomic mass is 9.98. The quantitative estimate of drug-likeness (QED) is 0.218. The zero-order valence-corrected chi connectivity index (χ0v) is 25.5. The Hall–Kier alpha value is -3.81. The largest absolute Gasteiger partial charge is 0.481 e. The van der Waals surface area contributed by atoms with Crippen LogP contribution in [0.3, 0.4) is 0 Å². The molecule has 0 aliphatic carbocycles. The number of aliphatic carboxylic acids is 1. The molecule has 4 rings (SSSR count). The van der Waals surface area contributed by atoms with Crippen LogP contribution in [0.15, 0.2) is 52.4 Å². The molecule has 43 heavy (non-hydrogen) atoms. The molecule has 0 radical (unpaired) electrons. The van der Waals surface area contributed by atoms with E-state index in [-0.39, 0.29) is 29.7 Å². The lowest BCUT2D eigenvalue weighted by molar-refractivity contribution is -0.137. The van der Waals surface area contributed by atoms with Crippen molar-refractivity contribution in [3.8, 4) is 0 Å². The van der Waals surface area contributed by atoms with Gasteiger partial charge in [-0.25, -0.2) is 8.42 Å². The number of unbranched alkanes of at least 4 members (excludes halogenated alkanes) is 2. The van der Waals surface area contributed by atoms with E-state index in [4.69, 9.17) is 5.11 Å². The van der Waals surface area contributed by atoms with Crippen molar-refractivity contribution in [2.45, 2.75) is 43.4 Å². The number of nitrogens with zero attached hydrogens (tertiary/aromatic N) is 4. The molecule has 12 nitrogen and oxygen atoms in total. The van der Waals surface area contributed by atoms with E-state index in [1.807, 2.05) is 25.1 Å². The number of sulfonamides is 1. The summed E-state index contributed by atoms with van der Waals surface area (Å²) in [6.07, 6.45) is 3.49. The van der Waals surface area contributed by atoms with Gasteiger partial charge in [-0.15, -0.1) is 0 Å². The first-order chi connectivity index (χ1) is 20.6. The van der Waals surface area contributed by atoms with Crippen LogP contribution >= 0.6 is 0 Å². The third-order valence-corrected chi connectivity index (χ3v) is 9.50. The standard InChI is InChI=1S/C30H40N6O6S/c1-3-35(16-6-4-5-13-28(38)39)27(37)21-34(2)43(41,42)23-10-7-9-22(19-23)32-20-24-29-25(33-30(24)40)11-8-12-26(29)36-17-14-31-15-18-36/h7-12,19-20,24,31H,3-6,13-18,21H2,1-2H3,(H,33,40)(H,38,39). The van der Waals surface area contributed by atoms with E-state index >= 15 is 0 Å². The van der Waals surface area contributed by atoms with Gasteiger partial charge in [0, 0.05) is 75.9 Å². The summed E-state index contributed by atoms with van der Waals surface area (Å²) in [7, 11) is -2.64.